The van der Waals surface area contributed by atoms with Gasteiger partial charge in [-0.15, -0.1) is 0 Å². The van der Waals surface area contributed by atoms with Gasteiger partial charge < -0.3 is 11.1 Å². The van der Waals surface area contributed by atoms with Crippen molar-refractivity contribution in [3.63, 3.8) is 0 Å². The number of carbonyl (C=O) groups excluding carboxylic acids is 1. The Morgan fingerprint density at radius 3 is 2.55 bits per heavy atom. The Kier molecular flexibility index (Phi) is 3.93. The molecule has 0 aliphatic rings. The van der Waals surface area contributed by atoms with Crippen LogP contribution in [0.15, 0.2) is 36.4 Å². The number of rotatable bonds is 3. The van der Waals surface area contributed by atoms with Gasteiger partial charge in [0.15, 0.2) is 11.6 Å². The molecule has 20 heavy (non-hydrogen) atoms. The van der Waals surface area contributed by atoms with Crippen LogP contribution in [0.3, 0.4) is 0 Å². The van der Waals surface area contributed by atoms with Crippen LogP contribution in [0.2, 0.25) is 0 Å². The average Bonchev–Trinajstić information content (AvgIpc) is 2.38. The molecule has 2 aromatic rings. The minimum atomic E-state index is -1.36. The molecule has 0 bridgehead atoms. The first-order chi connectivity index (χ1) is 9.47. The Labute approximate surface area is 113 Å². The van der Waals surface area contributed by atoms with Crippen LogP contribution < -0.4 is 11.1 Å². The van der Waals surface area contributed by atoms with E-state index in [0.29, 0.717) is 23.4 Å². The second kappa shape index (κ2) is 5.64. The van der Waals surface area contributed by atoms with Gasteiger partial charge in [-0.3, -0.25) is 4.79 Å². The van der Waals surface area contributed by atoms with Crippen LogP contribution in [0.5, 0.6) is 0 Å². The molecule has 6 heteroatoms. The first-order valence-electron chi connectivity index (χ1n) is 5.75. The molecule has 0 atom stereocenters. The Morgan fingerprint density at radius 2 is 1.85 bits per heavy atom. The van der Waals surface area contributed by atoms with E-state index in [-0.39, 0.29) is 6.42 Å². The van der Waals surface area contributed by atoms with Crippen LogP contribution in [0.25, 0.3) is 0 Å². The lowest BCUT2D eigenvalue weighted by atomic mass is 10.1. The van der Waals surface area contributed by atoms with E-state index in [4.69, 9.17) is 5.73 Å². The van der Waals surface area contributed by atoms with E-state index in [9.17, 15) is 18.0 Å². The Bertz CT molecular complexity index is 659. The van der Waals surface area contributed by atoms with Gasteiger partial charge in [0.1, 0.15) is 5.82 Å². The van der Waals surface area contributed by atoms with Crippen molar-refractivity contribution >= 4 is 17.3 Å². The molecule has 3 nitrogen and oxygen atoms in total. The standard InChI is InChI=1S/C14H11F3N2O/c15-9-6-10(16)14(17)12(7-9)19-13(20)5-8-3-1-2-4-11(8)18/h1-4,6-7H,5,18H2,(H,19,20). The average molecular weight is 280 g/mol. The van der Waals surface area contributed by atoms with Gasteiger partial charge in [-0.2, -0.15) is 0 Å². The quantitative estimate of drug-likeness (QED) is 0.671. The van der Waals surface area contributed by atoms with Crippen molar-refractivity contribution in [1.82, 2.24) is 0 Å². The molecule has 0 spiro atoms. The molecular weight excluding hydrogens is 269 g/mol. The minimum Gasteiger partial charge on any atom is -0.398 e. The summed E-state index contributed by atoms with van der Waals surface area (Å²) in [6, 6.07) is 7.77. The maximum atomic E-state index is 13.4. The summed E-state index contributed by atoms with van der Waals surface area (Å²) in [5.41, 5.74) is 6.08. The fraction of sp³-hybridized carbons (Fsp3) is 0.0714. The SMILES string of the molecule is Nc1ccccc1CC(=O)Nc1cc(F)cc(F)c1F. The number of hydrogen-bond donors (Lipinski definition) is 2. The van der Waals surface area contributed by atoms with Gasteiger partial charge in [-0.1, -0.05) is 18.2 Å². The summed E-state index contributed by atoms with van der Waals surface area (Å²) in [6.45, 7) is 0. The van der Waals surface area contributed by atoms with Crippen molar-refractivity contribution in [2.24, 2.45) is 0 Å². The smallest absolute Gasteiger partial charge is 0.228 e. The predicted octanol–water partition coefficient (Wildman–Crippen LogP) is 2.87. The summed E-state index contributed by atoms with van der Waals surface area (Å²) in [4.78, 5) is 11.7. The van der Waals surface area contributed by atoms with Crippen molar-refractivity contribution in [3.8, 4) is 0 Å². The van der Waals surface area contributed by atoms with Crippen LogP contribution in [0.1, 0.15) is 5.56 Å². The molecule has 2 aromatic carbocycles. The van der Waals surface area contributed by atoms with E-state index in [1.54, 1.807) is 24.3 Å². The molecule has 0 saturated carbocycles. The number of nitrogens with two attached hydrogens (primary N) is 1. The summed E-state index contributed by atoms with van der Waals surface area (Å²) in [5, 5.41) is 2.12. The Morgan fingerprint density at radius 1 is 1.15 bits per heavy atom. The van der Waals surface area contributed by atoms with Gasteiger partial charge in [0.2, 0.25) is 5.91 Å². The van der Waals surface area contributed by atoms with Crippen LogP contribution >= 0.6 is 0 Å². The molecule has 0 radical (unpaired) electrons. The summed E-state index contributed by atoms with van der Waals surface area (Å²) in [6.07, 6.45) is -0.121. The highest BCUT2D eigenvalue weighted by atomic mass is 19.2. The number of para-hydroxylation sites is 1. The lowest BCUT2D eigenvalue weighted by Gasteiger charge is -2.08. The second-order valence-electron chi connectivity index (χ2n) is 4.17. The van der Waals surface area contributed by atoms with E-state index in [1.165, 1.54) is 0 Å². The fourth-order valence-electron chi connectivity index (χ4n) is 1.71. The highest BCUT2D eigenvalue weighted by molar-refractivity contribution is 5.93. The molecule has 1 amide bonds. The van der Waals surface area contributed by atoms with Gasteiger partial charge in [-0.25, -0.2) is 13.2 Å². The third-order valence-electron chi connectivity index (χ3n) is 2.67. The number of hydrogen-bond acceptors (Lipinski definition) is 2. The normalized spacial score (nSPS) is 10.3. The summed E-state index contributed by atoms with van der Waals surface area (Å²) < 4.78 is 39.3. The number of nitrogens with one attached hydrogen (secondary N) is 1. The number of anilines is 2. The molecule has 2 rings (SSSR count). The fourth-order valence-corrected chi connectivity index (χ4v) is 1.71. The number of benzene rings is 2. The first kappa shape index (κ1) is 13.9. The van der Waals surface area contributed by atoms with Gasteiger partial charge in [0.25, 0.3) is 0 Å². The molecule has 3 N–H and O–H groups in total. The second-order valence-corrected chi connectivity index (χ2v) is 4.17. The van der Waals surface area contributed by atoms with Crippen molar-refractivity contribution < 1.29 is 18.0 Å². The molecule has 0 fully saturated rings. The zero-order valence-corrected chi connectivity index (χ0v) is 10.3. The van der Waals surface area contributed by atoms with Gasteiger partial charge in [0, 0.05) is 17.8 Å². The molecule has 104 valence electrons. The first-order valence-corrected chi connectivity index (χ1v) is 5.75. The van der Waals surface area contributed by atoms with E-state index in [2.05, 4.69) is 5.32 Å². The zero-order valence-electron chi connectivity index (χ0n) is 10.3. The lowest BCUT2D eigenvalue weighted by Crippen LogP contribution is -2.16. The van der Waals surface area contributed by atoms with Crippen molar-refractivity contribution in [1.29, 1.82) is 0 Å². The third-order valence-corrected chi connectivity index (χ3v) is 2.67. The lowest BCUT2D eigenvalue weighted by molar-refractivity contribution is -0.115. The molecule has 0 aromatic heterocycles. The van der Waals surface area contributed by atoms with Crippen LogP contribution in [0, 0.1) is 17.5 Å². The van der Waals surface area contributed by atoms with Gasteiger partial charge in [0.05, 0.1) is 12.1 Å². The van der Waals surface area contributed by atoms with Gasteiger partial charge in [-0.05, 0) is 11.6 Å². The molecule has 0 aliphatic carbocycles. The topological polar surface area (TPSA) is 55.1 Å². The minimum absolute atomic E-state index is 0.121. The summed E-state index contributed by atoms with van der Waals surface area (Å²) in [7, 11) is 0. The maximum Gasteiger partial charge on any atom is 0.228 e. The van der Waals surface area contributed by atoms with Crippen molar-refractivity contribution in [2.45, 2.75) is 6.42 Å². The van der Waals surface area contributed by atoms with Gasteiger partial charge >= 0.3 is 0 Å². The Hall–Kier alpha value is -2.50. The number of amides is 1. The van der Waals surface area contributed by atoms with Crippen molar-refractivity contribution in [3.05, 3.63) is 59.4 Å². The number of halogens is 3. The summed E-state index contributed by atoms with van der Waals surface area (Å²) >= 11 is 0. The van der Waals surface area contributed by atoms with E-state index >= 15 is 0 Å². The molecule has 0 aliphatic heterocycles. The summed E-state index contributed by atoms with van der Waals surface area (Å²) in [5.74, 6) is -4.26. The third kappa shape index (κ3) is 3.09. The van der Waals surface area contributed by atoms with E-state index < -0.39 is 29.0 Å². The van der Waals surface area contributed by atoms with Crippen LogP contribution in [-0.2, 0) is 11.2 Å². The van der Waals surface area contributed by atoms with Crippen LogP contribution in [0.4, 0.5) is 24.5 Å². The van der Waals surface area contributed by atoms with E-state index in [1.807, 2.05) is 0 Å². The highest BCUT2D eigenvalue weighted by Crippen LogP contribution is 2.20. The molecular formula is C14H11F3N2O. The largest absolute Gasteiger partial charge is 0.398 e. The molecule has 0 saturated heterocycles. The van der Waals surface area contributed by atoms with Crippen LogP contribution in [-0.4, -0.2) is 5.91 Å². The molecule has 0 heterocycles. The Balaban J connectivity index is 2.15. The monoisotopic (exact) mass is 280 g/mol. The van der Waals surface area contributed by atoms with E-state index in [0.717, 1.165) is 0 Å². The predicted molar refractivity (Wildman–Crippen MR) is 69.5 cm³/mol. The highest BCUT2D eigenvalue weighted by Gasteiger charge is 2.14. The maximum absolute atomic E-state index is 13.4. The molecule has 0 unspecified atom stereocenters. The number of carbonyl (C=O) groups is 1. The zero-order chi connectivity index (χ0) is 14.7. The van der Waals surface area contributed by atoms with Crippen molar-refractivity contribution in [2.75, 3.05) is 11.1 Å². The number of nitrogen functional groups attached to an aromatic ring is 1.